The number of aryl methyl sites for hydroxylation is 19. The summed E-state index contributed by atoms with van der Waals surface area (Å²) in [5.74, 6) is 4.18. The smallest absolute Gasteiger partial charge is 0.330 e. The number of benzene rings is 7. The lowest BCUT2D eigenvalue weighted by atomic mass is 9.92. The molecule has 0 aliphatic heterocycles. The van der Waals surface area contributed by atoms with E-state index in [1.165, 1.54) is 140 Å². The van der Waals surface area contributed by atoms with Crippen LogP contribution in [0.5, 0.6) is 0 Å². The number of rotatable bonds is 11. The number of imidazole rings is 3. The van der Waals surface area contributed by atoms with E-state index in [4.69, 9.17) is 0 Å². The highest BCUT2D eigenvalue weighted by molar-refractivity contribution is 5.66. The Bertz CT molecular complexity index is 5890. The van der Waals surface area contributed by atoms with Crippen molar-refractivity contribution in [2.45, 2.75) is 124 Å². The Balaban J connectivity index is 0.000000174. The molecular formula is C107H131N12+7. The van der Waals surface area contributed by atoms with Gasteiger partial charge in [-0.05, 0) is 193 Å². The van der Waals surface area contributed by atoms with Crippen LogP contribution < -0.4 is 32.0 Å². The first kappa shape index (κ1) is 91.7. The monoisotopic (exact) mass is 1580 g/mol. The predicted octanol–water partition coefficient (Wildman–Crippen LogP) is 21.5. The third-order valence-electron chi connectivity index (χ3n) is 21.7. The van der Waals surface area contributed by atoms with Gasteiger partial charge in [-0.1, -0.05) is 170 Å². The molecule has 16 aromatic rings. The summed E-state index contributed by atoms with van der Waals surface area (Å²) in [5, 5.41) is 0. The summed E-state index contributed by atoms with van der Waals surface area (Å²) in [6, 6.07) is 85.2. The van der Waals surface area contributed by atoms with Crippen molar-refractivity contribution >= 4 is 0 Å². The zero-order valence-electron chi connectivity index (χ0n) is 73.5. The molecule has 0 saturated heterocycles. The van der Waals surface area contributed by atoms with Gasteiger partial charge in [-0.15, -0.1) is 0 Å². The Labute approximate surface area is 712 Å². The van der Waals surface area contributed by atoms with Gasteiger partial charge in [-0.2, -0.15) is 9.13 Å². The van der Waals surface area contributed by atoms with E-state index in [0.717, 1.165) is 17.3 Å². The van der Waals surface area contributed by atoms with Crippen LogP contribution in [0.25, 0.3) is 90.8 Å². The summed E-state index contributed by atoms with van der Waals surface area (Å²) >= 11 is 0. The molecule has 0 amide bonds. The van der Waals surface area contributed by atoms with Gasteiger partial charge in [0.25, 0.3) is 0 Å². The van der Waals surface area contributed by atoms with E-state index < -0.39 is 0 Å². The molecule has 0 spiro atoms. The molecule has 119 heavy (non-hydrogen) atoms. The normalized spacial score (nSPS) is 10.5. The molecule has 16 rings (SSSR count). The van der Waals surface area contributed by atoms with Crippen LogP contribution in [0.3, 0.4) is 0 Å². The Kier molecular flexibility index (Phi) is 33.1. The van der Waals surface area contributed by atoms with Crippen LogP contribution in [0.15, 0.2) is 317 Å². The molecule has 7 aromatic carbocycles. The molecular weight excluding hydrogens is 1450 g/mol. The molecule has 12 heteroatoms. The lowest BCUT2D eigenvalue weighted by Crippen LogP contribution is -2.31. The van der Waals surface area contributed by atoms with Crippen molar-refractivity contribution in [1.82, 2.24) is 23.3 Å². The summed E-state index contributed by atoms with van der Waals surface area (Å²) < 4.78 is 23.8. The fraction of sp³-hybridized carbons (Fsp3) is 0.252. The van der Waals surface area contributed by atoms with Gasteiger partial charge in [-0.3, -0.25) is 0 Å². The minimum Gasteiger partial charge on any atom is -0.344 e. The van der Waals surface area contributed by atoms with E-state index in [-0.39, 0.29) is 14.9 Å². The SMILES string of the molecule is C.C.CC(C)c1cccc(C(C)C)c1-n1cc[n+](C)c1-c1cccn1C.Cc1cc(-c2ccccc2C)[n+](C)cc1C.Cc1cc[n+](C)c(-c2ccccc2C)c1.Cc1ccc(-c2ccccc2C)[n+](C)c1.Cc1ccccc1-c1c(C)ccc[n+]1C.Cc1ccccc1-c1cccc[n+]1C.Cn1ccnc1-c1n(-c2ccccc2)cc[n+]1C. The summed E-state index contributed by atoms with van der Waals surface area (Å²) in [6.45, 7) is 30.5. The average Bonchev–Trinajstić information content (AvgIpc) is 1.64. The first-order valence-corrected chi connectivity index (χ1v) is 40.6. The first-order chi connectivity index (χ1) is 56.1. The number of para-hydroxylation sites is 2. The molecule has 0 bridgehead atoms. The first-order valence-electron chi connectivity index (χ1n) is 40.6. The largest absolute Gasteiger partial charge is 0.344 e. The van der Waals surface area contributed by atoms with Crippen molar-refractivity contribution in [2.75, 3.05) is 0 Å². The van der Waals surface area contributed by atoms with Crippen molar-refractivity contribution in [3.63, 3.8) is 0 Å². The summed E-state index contributed by atoms with van der Waals surface area (Å²) in [6.07, 6.45) is 24.9. The third kappa shape index (κ3) is 22.9. The summed E-state index contributed by atoms with van der Waals surface area (Å²) in [7, 11) is 18.7. The number of aromatic nitrogens is 12. The highest BCUT2D eigenvalue weighted by atomic mass is 15.2. The molecule has 9 heterocycles. The Morgan fingerprint density at radius 3 is 1.24 bits per heavy atom. The molecule has 12 nitrogen and oxygen atoms in total. The van der Waals surface area contributed by atoms with Gasteiger partial charge in [-0.25, -0.2) is 37.0 Å². The van der Waals surface area contributed by atoms with Crippen molar-refractivity contribution in [1.29, 1.82) is 0 Å². The minimum absolute atomic E-state index is 0. The molecule has 0 radical (unpaired) electrons. The fourth-order valence-electron chi connectivity index (χ4n) is 14.9. The standard InChI is InChI=1S/C21H28N3.C15H18N.C14H15N4.3C14H16N.C13H14N.2CH4/c1-15(2)17-9-7-10-18(16(3)4)20(17)24-14-13-23(6)21(24)19-11-8-12-22(19)5;1-11-7-5-6-8-14(11)15-9-12(2)13(3)10-16(15)4;1-16-9-8-15-13(16)14-17(2)10-11-18(14)12-6-4-3-5-7-12;1-11-7-4-5-9-13(11)14-12(2)8-6-10-15(14)3;1-11-8-9-15(3)14(10-11)13-7-5-4-6-12(13)2;1-11-8-9-14(15(3)10-11)13-7-5-4-6-12(13)2;1-11-7-3-4-8-12(11)13-9-5-6-10-14(13)2;;/h7-16H,1-6H3;5-10H,1-4H3;3-11H,1-2H3;3*4-10H,1-3H3;3-10H,1-2H3;2*1H4/q7*+1;;. The molecule has 9 aromatic heterocycles. The van der Waals surface area contributed by atoms with Crippen LogP contribution in [-0.2, 0) is 63.4 Å². The maximum Gasteiger partial charge on any atom is 0.330 e. The zero-order chi connectivity index (χ0) is 84.1. The highest BCUT2D eigenvalue weighted by Crippen LogP contribution is 2.34. The Morgan fingerprint density at radius 1 is 0.294 bits per heavy atom. The minimum atomic E-state index is 0. The van der Waals surface area contributed by atoms with Gasteiger partial charge in [0.05, 0.1) is 14.1 Å². The van der Waals surface area contributed by atoms with Gasteiger partial charge in [0.2, 0.25) is 34.3 Å². The van der Waals surface area contributed by atoms with E-state index in [1.807, 2.05) is 61.5 Å². The molecule has 0 aliphatic rings. The second kappa shape index (κ2) is 42.9. The summed E-state index contributed by atoms with van der Waals surface area (Å²) in [4.78, 5) is 4.43. The number of hydrogen-bond acceptors (Lipinski definition) is 1. The van der Waals surface area contributed by atoms with Gasteiger partial charge in [0.1, 0.15) is 77.1 Å². The van der Waals surface area contributed by atoms with Crippen LogP contribution in [-0.4, -0.2) is 23.3 Å². The fourth-order valence-corrected chi connectivity index (χ4v) is 14.9. The van der Waals surface area contributed by atoms with Crippen molar-refractivity contribution in [2.24, 2.45) is 63.4 Å². The zero-order valence-corrected chi connectivity index (χ0v) is 73.5. The lowest BCUT2D eigenvalue weighted by Gasteiger charge is -2.17. The van der Waals surface area contributed by atoms with Gasteiger partial charge < -0.3 is 9.13 Å². The second-order valence-corrected chi connectivity index (χ2v) is 31.5. The van der Waals surface area contributed by atoms with Gasteiger partial charge in [0, 0.05) is 131 Å². The highest BCUT2D eigenvalue weighted by Gasteiger charge is 2.28. The van der Waals surface area contributed by atoms with E-state index >= 15 is 0 Å². The van der Waals surface area contributed by atoms with Crippen molar-refractivity contribution in [3.05, 3.63) is 384 Å². The van der Waals surface area contributed by atoms with Crippen LogP contribution in [0.4, 0.5) is 0 Å². The maximum absolute atomic E-state index is 4.43. The quantitative estimate of drug-likeness (QED) is 0.119. The molecule has 0 fully saturated rings. The van der Waals surface area contributed by atoms with E-state index in [2.05, 4.69) is 471 Å². The average molecular weight is 1590 g/mol. The predicted molar refractivity (Wildman–Crippen MR) is 495 cm³/mol. The lowest BCUT2D eigenvalue weighted by molar-refractivity contribution is -0.660. The van der Waals surface area contributed by atoms with Crippen LogP contribution in [0.1, 0.15) is 121 Å². The third-order valence-corrected chi connectivity index (χ3v) is 21.7. The maximum atomic E-state index is 4.43. The molecule has 0 saturated carbocycles. The van der Waals surface area contributed by atoms with Gasteiger partial charge >= 0.3 is 11.6 Å². The van der Waals surface area contributed by atoms with Crippen molar-refractivity contribution in [3.8, 4) is 90.8 Å². The van der Waals surface area contributed by atoms with Crippen LogP contribution in [0, 0.1) is 69.2 Å². The van der Waals surface area contributed by atoms with E-state index in [0.29, 0.717) is 11.8 Å². The van der Waals surface area contributed by atoms with Gasteiger partial charge in [0.15, 0.2) is 31.0 Å². The number of pyridine rings is 5. The molecule has 0 N–H and O–H groups in total. The second-order valence-electron chi connectivity index (χ2n) is 31.5. The number of nitrogens with zero attached hydrogens (tertiary/aromatic N) is 12. The topological polar surface area (TPSA) is 59.8 Å². The Morgan fingerprint density at radius 2 is 0.748 bits per heavy atom. The van der Waals surface area contributed by atoms with Crippen LogP contribution in [0.2, 0.25) is 0 Å². The van der Waals surface area contributed by atoms with E-state index in [1.54, 1.807) is 0 Å². The van der Waals surface area contributed by atoms with Crippen molar-refractivity contribution < 1.29 is 32.0 Å². The Hall–Kier alpha value is -12.8. The molecule has 612 valence electrons. The molecule has 0 unspecified atom stereocenters. The van der Waals surface area contributed by atoms with Crippen LogP contribution >= 0.6 is 0 Å². The molecule has 0 atom stereocenters. The van der Waals surface area contributed by atoms with E-state index in [9.17, 15) is 0 Å². The summed E-state index contributed by atoms with van der Waals surface area (Å²) in [5.41, 5.74) is 32.6. The molecule has 0 aliphatic carbocycles. The number of hydrogen-bond donors (Lipinski definition) is 0.